The SMILES string of the molecule is CN(C)c1cccnc1C(=O)N1CCn2cnc(C(F)(F)F)c2C1. The molecule has 9 heteroatoms. The number of imidazole rings is 1. The van der Waals surface area contributed by atoms with Crippen LogP contribution in [0.25, 0.3) is 0 Å². The van der Waals surface area contributed by atoms with E-state index < -0.39 is 11.9 Å². The van der Waals surface area contributed by atoms with E-state index in [1.54, 1.807) is 31.1 Å². The van der Waals surface area contributed by atoms with E-state index in [-0.39, 0.29) is 30.4 Å². The summed E-state index contributed by atoms with van der Waals surface area (Å²) >= 11 is 0. The van der Waals surface area contributed by atoms with Gasteiger partial charge in [0.1, 0.15) is 0 Å². The van der Waals surface area contributed by atoms with Crippen LogP contribution in [-0.2, 0) is 19.3 Å². The molecule has 3 rings (SSSR count). The van der Waals surface area contributed by atoms with Crippen molar-refractivity contribution in [2.75, 3.05) is 25.5 Å². The van der Waals surface area contributed by atoms with Crippen molar-refractivity contribution in [2.24, 2.45) is 0 Å². The van der Waals surface area contributed by atoms with E-state index in [0.717, 1.165) is 0 Å². The number of carbonyl (C=O) groups is 1. The molecule has 0 spiro atoms. The van der Waals surface area contributed by atoms with Crippen LogP contribution in [0.4, 0.5) is 18.9 Å². The summed E-state index contributed by atoms with van der Waals surface area (Å²) < 4.78 is 40.5. The summed E-state index contributed by atoms with van der Waals surface area (Å²) in [6, 6.07) is 3.45. The van der Waals surface area contributed by atoms with Crippen LogP contribution < -0.4 is 4.90 Å². The normalized spacial score (nSPS) is 14.5. The first-order valence-corrected chi connectivity index (χ1v) is 7.32. The van der Waals surface area contributed by atoms with E-state index in [1.165, 1.54) is 22.0 Å². The molecule has 1 aliphatic rings. The zero-order valence-electron chi connectivity index (χ0n) is 13.2. The number of rotatable bonds is 2. The van der Waals surface area contributed by atoms with E-state index in [1.807, 2.05) is 0 Å². The fraction of sp³-hybridized carbons (Fsp3) is 0.400. The Morgan fingerprint density at radius 1 is 1.25 bits per heavy atom. The van der Waals surface area contributed by atoms with Crippen molar-refractivity contribution >= 4 is 11.6 Å². The second-order valence-electron chi connectivity index (χ2n) is 5.72. The van der Waals surface area contributed by atoms with Gasteiger partial charge in [-0.05, 0) is 12.1 Å². The van der Waals surface area contributed by atoms with E-state index in [0.29, 0.717) is 12.2 Å². The number of aromatic nitrogens is 3. The molecule has 0 aromatic carbocycles. The third kappa shape index (κ3) is 2.81. The van der Waals surface area contributed by atoms with Gasteiger partial charge in [0, 0.05) is 33.4 Å². The molecule has 0 N–H and O–H groups in total. The minimum atomic E-state index is -4.54. The lowest BCUT2D eigenvalue weighted by Crippen LogP contribution is -2.39. The van der Waals surface area contributed by atoms with Gasteiger partial charge in [-0.25, -0.2) is 9.97 Å². The van der Waals surface area contributed by atoms with Gasteiger partial charge in [-0.15, -0.1) is 0 Å². The Bertz CT molecular complexity index is 769. The number of fused-ring (bicyclic) bond motifs is 1. The van der Waals surface area contributed by atoms with Crippen LogP contribution in [0.5, 0.6) is 0 Å². The number of pyridine rings is 1. The van der Waals surface area contributed by atoms with E-state index >= 15 is 0 Å². The number of nitrogens with zero attached hydrogens (tertiary/aromatic N) is 5. The standard InChI is InChI=1S/C15H16F3N5O/c1-21(2)10-4-3-5-19-12(10)14(24)22-6-7-23-9-20-13(11(23)8-22)15(16,17)18/h3-5,9H,6-8H2,1-2H3. The minimum absolute atomic E-state index is 0.00411. The maximum Gasteiger partial charge on any atom is 0.435 e. The van der Waals surface area contributed by atoms with Gasteiger partial charge in [-0.3, -0.25) is 4.79 Å². The summed E-state index contributed by atoms with van der Waals surface area (Å²) in [6.07, 6.45) is -1.87. The van der Waals surface area contributed by atoms with E-state index in [2.05, 4.69) is 9.97 Å². The van der Waals surface area contributed by atoms with Crippen molar-refractivity contribution in [2.45, 2.75) is 19.3 Å². The van der Waals surface area contributed by atoms with Crippen LogP contribution in [0.1, 0.15) is 21.9 Å². The molecular weight excluding hydrogens is 323 g/mol. The number of hydrogen-bond acceptors (Lipinski definition) is 4. The molecule has 0 unspecified atom stereocenters. The lowest BCUT2D eigenvalue weighted by Gasteiger charge is -2.29. The number of hydrogen-bond donors (Lipinski definition) is 0. The molecule has 0 radical (unpaired) electrons. The van der Waals surface area contributed by atoms with Crippen molar-refractivity contribution in [3.05, 3.63) is 41.7 Å². The molecule has 0 saturated carbocycles. The van der Waals surface area contributed by atoms with Gasteiger partial charge in [-0.2, -0.15) is 13.2 Å². The zero-order chi connectivity index (χ0) is 17.5. The van der Waals surface area contributed by atoms with Crippen molar-refractivity contribution < 1.29 is 18.0 Å². The Balaban J connectivity index is 1.91. The number of anilines is 1. The summed E-state index contributed by atoms with van der Waals surface area (Å²) in [6.45, 7) is 0.439. The lowest BCUT2D eigenvalue weighted by molar-refractivity contribution is -0.142. The smallest absolute Gasteiger partial charge is 0.376 e. The van der Waals surface area contributed by atoms with Gasteiger partial charge in [0.25, 0.3) is 5.91 Å². The molecule has 128 valence electrons. The van der Waals surface area contributed by atoms with Gasteiger partial charge in [-0.1, -0.05) is 0 Å². The summed E-state index contributed by atoms with van der Waals surface area (Å²) in [4.78, 5) is 23.4. The Morgan fingerprint density at radius 3 is 2.67 bits per heavy atom. The predicted octanol–water partition coefficient (Wildman–Crippen LogP) is 2.02. The maximum atomic E-state index is 13.0. The molecule has 1 amide bonds. The molecule has 1 aliphatic heterocycles. The van der Waals surface area contributed by atoms with Crippen molar-refractivity contribution in [3.8, 4) is 0 Å². The lowest BCUT2D eigenvalue weighted by atomic mass is 10.2. The van der Waals surface area contributed by atoms with E-state index in [9.17, 15) is 18.0 Å². The maximum absolute atomic E-state index is 13.0. The second-order valence-corrected chi connectivity index (χ2v) is 5.72. The van der Waals surface area contributed by atoms with Crippen molar-refractivity contribution in [1.29, 1.82) is 0 Å². The summed E-state index contributed by atoms with van der Waals surface area (Å²) in [5, 5.41) is 0. The van der Waals surface area contributed by atoms with E-state index in [4.69, 9.17) is 0 Å². The first kappa shape index (κ1) is 16.3. The van der Waals surface area contributed by atoms with Crippen LogP contribution in [0.15, 0.2) is 24.7 Å². The largest absolute Gasteiger partial charge is 0.435 e. The van der Waals surface area contributed by atoms with Crippen molar-refractivity contribution in [1.82, 2.24) is 19.4 Å². The molecule has 24 heavy (non-hydrogen) atoms. The van der Waals surface area contributed by atoms with Crippen LogP contribution in [-0.4, -0.2) is 46.0 Å². The average Bonchev–Trinajstić information content (AvgIpc) is 2.97. The Kier molecular flexibility index (Phi) is 3.94. The average molecular weight is 339 g/mol. The number of alkyl halides is 3. The highest BCUT2D eigenvalue weighted by atomic mass is 19.4. The van der Waals surface area contributed by atoms with Crippen molar-refractivity contribution in [3.63, 3.8) is 0 Å². The number of amides is 1. The third-order valence-corrected chi connectivity index (χ3v) is 3.92. The summed E-state index contributed by atoms with van der Waals surface area (Å²) in [7, 11) is 3.56. The highest BCUT2D eigenvalue weighted by Gasteiger charge is 2.39. The zero-order valence-corrected chi connectivity index (χ0v) is 13.2. The molecule has 2 aromatic heterocycles. The topological polar surface area (TPSA) is 54.3 Å². The van der Waals surface area contributed by atoms with Gasteiger partial charge in [0.2, 0.25) is 0 Å². The van der Waals surface area contributed by atoms with Crippen LogP contribution in [0.2, 0.25) is 0 Å². The predicted molar refractivity (Wildman–Crippen MR) is 80.5 cm³/mol. The molecule has 2 aromatic rings. The highest BCUT2D eigenvalue weighted by molar-refractivity contribution is 5.97. The summed E-state index contributed by atoms with van der Waals surface area (Å²) in [5.41, 5.74) is -0.0834. The van der Waals surface area contributed by atoms with Crippen LogP contribution in [0, 0.1) is 0 Å². The van der Waals surface area contributed by atoms with Gasteiger partial charge in [0.15, 0.2) is 11.4 Å². The Hall–Kier alpha value is -2.58. The number of halogens is 3. The molecule has 3 heterocycles. The molecule has 6 nitrogen and oxygen atoms in total. The van der Waals surface area contributed by atoms with Crippen LogP contribution >= 0.6 is 0 Å². The first-order valence-electron chi connectivity index (χ1n) is 7.32. The van der Waals surface area contributed by atoms with Gasteiger partial charge < -0.3 is 14.4 Å². The molecule has 0 fully saturated rings. The van der Waals surface area contributed by atoms with Gasteiger partial charge in [0.05, 0.1) is 24.3 Å². The fourth-order valence-electron chi connectivity index (χ4n) is 2.74. The fourth-order valence-corrected chi connectivity index (χ4v) is 2.74. The second kappa shape index (κ2) is 5.81. The number of carbonyl (C=O) groups excluding carboxylic acids is 1. The Labute approximate surface area is 136 Å². The third-order valence-electron chi connectivity index (χ3n) is 3.92. The van der Waals surface area contributed by atoms with Gasteiger partial charge >= 0.3 is 6.18 Å². The molecule has 0 aliphatic carbocycles. The monoisotopic (exact) mass is 339 g/mol. The Morgan fingerprint density at radius 2 is 2.00 bits per heavy atom. The minimum Gasteiger partial charge on any atom is -0.376 e. The quantitative estimate of drug-likeness (QED) is 0.840. The highest BCUT2D eigenvalue weighted by Crippen LogP contribution is 2.33. The molecule has 0 bridgehead atoms. The molecular formula is C15H16F3N5O. The molecule has 0 atom stereocenters. The summed E-state index contributed by atoms with van der Waals surface area (Å²) in [5.74, 6) is -0.389. The first-order chi connectivity index (χ1) is 11.3. The molecule has 0 saturated heterocycles. The van der Waals surface area contributed by atoms with Crippen LogP contribution in [0.3, 0.4) is 0 Å².